The monoisotopic (exact) mass is 226 g/mol. The third kappa shape index (κ3) is 3.76. The Kier molecular flexibility index (Phi) is 5.88. The summed E-state index contributed by atoms with van der Waals surface area (Å²) in [6.07, 6.45) is 0. The molecule has 66 valence electrons. The van der Waals surface area contributed by atoms with E-state index in [1.165, 1.54) is 18.2 Å². The van der Waals surface area contributed by atoms with Crippen LogP contribution in [-0.4, -0.2) is 18.1 Å². The first-order valence-electron chi connectivity index (χ1n) is 3.20. The first kappa shape index (κ1) is 13.7. The summed E-state index contributed by atoms with van der Waals surface area (Å²) in [6, 6.07) is 5.56. The van der Waals surface area contributed by atoms with Crippen LogP contribution in [-0.2, 0) is 16.7 Å². The minimum Gasteiger partial charge on any atom is -0.744 e. The van der Waals surface area contributed by atoms with Crippen LogP contribution in [0.15, 0.2) is 29.2 Å². The summed E-state index contributed by atoms with van der Waals surface area (Å²) < 4.78 is 31.6. The van der Waals surface area contributed by atoms with Crippen molar-refractivity contribution in [2.24, 2.45) is 0 Å². The van der Waals surface area contributed by atoms with E-state index in [-0.39, 0.29) is 61.8 Å². The van der Waals surface area contributed by atoms with Gasteiger partial charge in [-0.15, -0.1) is 0 Å². The number of hydrogen-bond donors (Lipinski definition) is 1. The molecule has 0 aliphatic rings. The second kappa shape index (κ2) is 5.57. The van der Waals surface area contributed by atoms with Gasteiger partial charge in [0, 0.05) is 0 Å². The minimum absolute atomic E-state index is 0. The average Bonchev–Trinajstić information content (AvgIpc) is 2.03. The van der Waals surface area contributed by atoms with Gasteiger partial charge in [0.2, 0.25) is 0 Å². The summed E-state index contributed by atoms with van der Waals surface area (Å²) >= 11 is 0. The van der Waals surface area contributed by atoms with Crippen molar-refractivity contribution < 1.29 is 69.5 Å². The molecule has 0 aliphatic heterocycles. The molecule has 0 bridgehead atoms. The van der Waals surface area contributed by atoms with E-state index in [0.29, 0.717) is 0 Å². The van der Waals surface area contributed by atoms with Crippen LogP contribution in [0, 0.1) is 0 Å². The van der Waals surface area contributed by atoms with Gasteiger partial charge in [0.05, 0.1) is 11.5 Å². The van der Waals surface area contributed by atoms with Gasteiger partial charge in [-0.1, -0.05) is 18.2 Å². The minimum atomic E-state index is -4.46. The normalized spacial score (nSPS) is 10.6. The fourth-order valence-corrected chi connectivity index (χ4v) is 1.58. The van der Waals surface area contributed by atoms with Crippen molar-refractivity contribution in [1.29, 1.82) is 0 Å². The van der Waals surface area contributed by atoms with Crippen LogP contribution in [0.3, 0.4) is 0 Å². The molecule has 0 aromatic heterocycles. The molecule has 0 saturated carbocycles. The predicted molar refractivity (Wildman–Crippen MR) is 40.3 cm³/mol. The van der Waals surface area contributed by atoms with Gasteiger partial charge in [-0.2, -0.15) is 0 Å². The molecule has 0 aliphatic carbocycles. The zero-order valence-corrected chi connectivity index (χ0v) is 11.0. The maximum atomic E-state index is 10.5. The van der Waals surface area contributed by atoms with Crippen LogP contribution in [0.25, 0.3) is 0 Å². The number of aliphatic hydroxyl groups excluding tert-OH is 1. The third-order valence-corrected chi connectivity index (χ3v) is 2.35. The predicted octanol–water partition coefficient (Wildman–Crippen LogP) is -2.91. The Labute approximate surface area is 119 Å². The number of benzene rings is 1. The van der Waals surface area contributed by atoms with E-state index < -0.39 is 16.7 Å². The summed E-state index contributed by atoms with van der Waals surface area (Å²) in [5.74, 6) is 0. The number of aliphatic hydroxyl groups is 1. The van der Waals surface area contributed by atoms with Gasteiger partial charge in [0.25, 0.3) is 0 Å². The molecule has 13 heavy (non-hydrogen) atoms. The molecule has 6 heteroatoms. The van der Waals surface area contributed by atoms with Crippen molar-refractivity contribution in [3.8, 4) is 0 Å². The summed E-state index contributed by atoms with van der Waals surface area (Å²) in [5, 5.41) is 8.68. The first-order valence-corrected chi connectivity index (χ1v) is 4.61. The van der Waals surface area contributed by atoms with E-state index in [9.17, 15) is 13.0 Å². The quantitative estimate of drug-likeness (QED) is 0.433. The van der Waals surface area contributed by atoms with Crippen molar-refractivity contribution in [1.82, 2.24) is 0 Å². The van der Waals surface area contributed by atoms with Gasteiger partial charge in [-0.3, -0.25) is 0 Å². The Morgan fingerprint density at radius 2 is 1.85 bits per heavy atom. The molecule has 0 radical (unpaired) electrons. The molecule has 0 heterocycles. The largest absolute Gasteiger partial charge is 1.00 e. The topological polar surface area (TPSA) is 77.4 Å². The van der Waals surface area contributed by atoms with Crippen molar-refractivity contribution >= 4 is 10.1 Å². The van der Waals surface area contributed by atoms with Crippen LogP contribution in [0.5, 0.6) is 0 Å². The van der Waals surface area contributed by atoms with E-state index in [1.54, 1.807) is 6.07 Å². The molecule has 1 rings (SSSR count). The van der Waals surface area contributed by atoms with Crippen LogP contribution >= 0.6 is 0 Å². The second-order valence-corrected chi connectivity index (χ2v) is 3.57. The standard InChI is InChI=1S/C7H8O4S.K/c8-5-6-3-1-2-4-7(6)12(9,10)11;/h1-4,8H,5H2,(H,9,10,11);/q;+1/p-1. The average molecular weight is 226 g/mol. The Hall–Kier alpha value is 0.726. The molecular weight excluding hydrogens is 219 g/mol. The van der Waals surface area contributed by atoms with Crippen LogP contribution in [0.1, 0.15) is 5.56 Å². The van der Waals surface area contributed by atoms with E-state index in [4.69, 9.17) is 5.11 Å². The smallest absolute Gasteiger partial charge is 0.744 e. The van der Waals surface area contributed by atoms with Gasteiger partial charge in [-0.25, -0.2) is 8.42 Å². The van der Waals surface area contributed by atoms with Gasteiger partial charge >= 0.3 is 51.4 Å². The Bertz CT molecular complexity index is 374. The summed E-state index contributed by atoms with van der Waals surface area (Å²) in [4.78, 5) is -0.354. The molecule has 0 saturated heterocycles. The third-order valence-electron chi connectivity index (χ3n) is 1.41. The van der Waals surface area contributed by atoms with Crippen LogP contribution in [0.2, 0.25) is 0 Å². The van der Waals surface area contributed by atoms with Gasteiger partial charge in [0.1, 0.15) is 10.1 Å². The van der Waals surface area contributed by atoms with Crippen molar-refractivity contribution in [3.05, 3.63) is 29.8 Å². The van der Waals surface area contributed by atoms with E-state index in [2.05, 4.69) is 0 Å². The van der Waals surface area contributed by atoms with Crippen LogP contribution in [0.4, 0.5) is 0 Å². The fraction of sp³-hybridized carbons (Fsp3) is 0.143. The summed E-state index contributed by atoms with van der Waals surface area (Å²) in [6.45, 7) is -0.447. The van der Waals surface area contributed by atoms with Gasteiger partial charge in [-0.05, 0) is 11.6 Å². The zero-order chi connectivity index (χ0) is 9.19. The number of hydrogen-bond acceptors (Lipinski definition) is 4. The van der Waals surface area contributed by atoms with Crippen LogP contribution < -0.4 is 51.4 Å². The van der Waals surface area contributed by atoms with Gasteiger partial charge in [0.15, 0.2) is 0 Å². The second-order valence-electron chi connectivity index (χ2n) is 2.22. The molecule has 0 fully saturated rings. The molecule has 0 atom stereocenters. The molecule has 0 spiro atoms. The van der Waals surface area contributed by atoms with Crippen molar-refractivity contribution in [2.75, 3.05) is 0 Å². The molecule has 0 unspecified atom stereocenters. The van der Waals surface area contributed by atoms with Gasteiger partial charge < -0.3 is 9.66 Å². The molecule has 1 N–H and O–H groups in total. The first-order chi connectivity index (χ1) is 5.55. The van der Waals surface area contributed by atoms with E-state index in [0.717, 1.165) is 0 Å². The van der Waals surface area contributed by atoms with Crippen molar-refractivity contribution in [3.63, 3.8) is 0 Å². The van der Waals surface area contributed by atoms with E-state index >= 15 is 0 Å². The summed E-state index contributed by atoms with van der Waals surface area (Å²) in [5.41, 5.74) is 0.132. The fourth-order valence-electron chi connectivity index (χ4n) is 0.878. The maximum absolute atomic E-state index is 10.5. The molecule has 0 amide bonds. The molecular formula is C7H7KO4S. The zero-order valence-electron chi connectivity index (χ0n) is 7.10. The summed E-state index contributed by atoms with van der Waals surface area (Å²) in [7, 11) is -4.46. The maximum Gasteiger partial charge on any atom is 1.00 e. The molecule has 1 aromatic rings. The molecule has 1 aromatic carbocycles. The van der Waals surface area contributed by atoms with Crippen molar-refractivity contribution in [2.45, 2.75) is 11.5 Å². The molecule has 4 nitrogen and oxygen atoms in total. The van der Waals surface area contributed by atoms with E-state index in [1.807, 2.05) is 0 Å². The Morgan fingerprint density at radius 1 is 1.31 bits per heavy atom. The SMILES string of the molecule is O=S(=O)([O-])c1ccccc1CO.[K+]. The number of rotatable bonds is 2. The Morgan fingerprint density at radius 3 is 2.23 bits per heavy atom. The Balaban J connectivity index is 0.00000144.